The molecule has 3 amide bonds. The van der Waals surface area contributed by atoms with Crippen molar-refractivity contribution in [1.82, 2.24) is 15.5 Å². The molecule has 1 aromatic carbocycles. The second-order valence-corrected chi connectivity index (χ2v) is 8.51. The number of aliphatic hydroxyl groups excluding tert-OH is 1. The van der Waals surface area contributed by atoms with Crippen LogP contribution in [0.4, 0.5) is 0 Å². The number of aryl methyl sites for hydroxylation is 1. The zero-order valence-electron chi connectivity index (χ0n) is 19.3. The molecule has 0 aromatic heterocycles. The third kappa shape index (κ3) is 8.05. The minimum absolute atomic E-state index is 0.00512. The lowest BCUT2D eigenvalue weighted by molar-refractivity contribution is -0.143. The molecule has 2 unspecified atom stereocenters. The summed E-state index contributed by atoms with van der Waals surface area (Å²) in [6.07, 6.45) is -1.56. The van der Waals surface area contributed by atoms with Crippen LogP contribution >= 0.6 is 0 Å². The maximum absolute atomic E-state index is 12.9. The Morgan fingerprint density at radius 3 is 2.29 bits per heavy atom. The van der Waals surface area contributed by atoms with Gasteiger partial charge >= 0.3 is 0 Å². The van der Waals surface area contributed by atoms with E-state index in [1.807, 2.05) is 13.8 Å². The number of phenols is 1. The molecular formula is C23H35N3O5. The fraction of sp³-hybridized carbons (Fsp3) is 0.522. The molecule has 4 N–H and O–H groups in total. The summed E-state index contributed by atoms with van der Waals surface area (Å²) in [7, 11) is 0. The van der Waals surface area contributed by atoms with Gasteiger partial charge in [-0.25, -0.2) is 0 Å². The van der Waals surface area contributed by atoms with Gasteiger partial charge in [0.15, 0.2) is 6.10 Å². The number of hydrogen-bond acceptors (Lipinski definition) is 5. The summed E-state index contributed by atoms with van der Waals surface area (Å²) in [5.74, 6) is -1.27. The number of nitrogens with one attached hydrogen (secondary N) is 2. The van der Waals surface area contributed by atoms with Crippen molar-refractivity contribution in [2.24, 2.45) is 5.92 Å². The zero-order valence-corrected chi connectivity index (χ0v) is 19.3. The average molecular weight is 434 g/mol. The van der Waals surface area contributed by atoms with Crippen LogP contribution in [-0.2, 0) is 9.59 Å². The molecule has 0 fully saturated rings. The summed E-state index contributed by atoms with van der Waals surface area (Å²) in [4.78, 5) is 38.9. The van der Waals surface area contributed by atoms with Gasteiger partial charge in [-0.1, -0.05) is 26.0 Å². The van der Waals surface area contributed by atoms with E-state index in [0.717, 1.165) is 0 Å². The third-order valence-corrected chi connectivity index (χ3v) is 4.67. The number of aromatic hydroxyl groups is 1. The van der Waals surface area contributed by atoms with Crippen LogP contribution < -0.4 is 10.6 Å². The number of amides is 3. The van der Waals surface area contributed by atoms with Crippen LogP contribution in [0.2, 0.25) is 0 Å². The Labute approximate surface area is 184 Å². The van der Waals surface area contributed by atoms with E-state index in [1.54, 1.807) is 32.9 Å². The van der Waals surface area contributed by atoms with E-state index in [-0.39, 0.29) is 36.2 Å². The Morgan fingerprint density at radius 2 is 1.74 bits per heavy atom. The maximum atomic E-state index is 12.9. The van der Waals surface area contributed by atoms with Crippen molar-refractivity contribution < 1.29 is 24.6 Å². The van der Waals surface area contributed by atoms with E-state index in [4.69, 9.17) is 0 Å². The van der Waals surface area contributed by atoms with Crippen LogP contribution in [0.3, 0.4) is 0 Å². The predicted octanol–water partition coefficient (Wildman–Crippen LogP) is 1.67. The summed E-state index contributed by atoms with van der Waals surface area (Å²) in [5, 5.41) is 25.8. The number of nitrogens with zero attached hydrogens (tertiary/aromatic N) is 1. The number of aliphatic hydroxyl groups is 1. The summed E-state index contributed by atoms with van der Waals surface area (Å²) < 4.78 is 0. The van der Waals surface area contributed by atoms with Gasteiger partial charge in [-0.15, -0.1) is 0 Å². The molecule has 2 atom stereocenters. The number of carbonyl (C=O) groups is 3. The van der Waals surface area contributed by atoms with Gasteiger partial charge in [0.05, 0.1) is 12.6 Å². The van der Waals surface area contributed by atoms with Crippen molar-refractivity contribution in [3.8, 4) is 5.75 Å². The fourth-order valence-electron chi connectivity index (χ4n) is 2.92. The molecule has 0 aliphatic heterocycles. The van der Waals surface area contributed by atoms with E-state index in [0.29, 0.717) is 23.2 Å². The largest absolute Gasteiger partial charge is 0.508 e. The summed E-state index contributed by atoms with van der Waals surface area (Å²) in [5.41, 5.74) is 2.02. The van der Waals surface area contributed by atoms with Crippen molar-refractivity contribution in [3.05, 3.63) is 41.0 Å². The highest BCUT2D eigenvalue weighted by Crippen LogP contribution is 2.22. The highest BCUT2D eigenvalue weighted by Gasteiger charge is 2.30. The second-order valence-electron chi connectivity index (χ2n) is 8.51. The molecule has 1 rings (SSSR count). The lowest BCUT2D eigenvalue weighted by atomic mass is 10.0. The van der Waals surface area contributed by atoms with E-state index >= 15 is 0 Å². The third-order valence-electron chi connectivity index (χ3n) is 4.67. The van der Waals surface area contributed by atoms with Crippen molar-refractivity contribution >= 4 is 17.7 Å². The van der Waals surface area contributed by atoms with Crippen molar-refractivity contribution in [1.29, 1.82) is 0 Å². The molecule has 31 heavy (non-hydrogen) atoms. The number of phenolic OH excluding ortho intramolecular Hbond substituents is 1. The number of rotatable bonds is 10. The van der Waals surface area contributed by atoms with Gasteiger partial charge in [-0.05, 0) is 51.3 Å². The first-order valence-electron chi connectivity index (χ1n) is 10.3. The number of benzene rings is 1. The predicted molar refractivity (Wildman–Crippen MR) is 120 cm³/mol. The first-order chi connectivity index (χ1) is 14.3. The van der Waals surface area contributed by atoms with Gasteiger partial charge in [0.2, 0.25) is 5.91 Å². The lowest BCUT2D eigenvalue weighted by Crippen LogP contribution is -2.52. The topological polar surface area (TPSA) is 119 Å². The summed E-state index contributed by atoms with van der Waals surface area (Å²) >= 11 is 0. The van der Waals surface area contributed by atoms with Crippen LogP contribution in [0.25, 0.3) is 0 Å². The Balaban J connectivity index is 2.89. The minimum Gasteiger partial charge on any atom is -0.508 e. The molecule has 0 aliphatic carbocycles. The highest BCUT2D eigenvalue weighted by molar-refractivity contribution is 5.97. The van der Waals surface area contributed by atoms with Crippen LogP contribution in [0.5, 0.6) is 5.75 Å². The molecule has 1 aromatic rings. The molecule has 0 saturated carbocycles. The SMILES string of the molecule is C=C(C)CN(CC(=O)NCC(C)C)C(=O)C(O)C(C)NC(=O)c1cc(C)cc(O)c1C. The van der Waals surface area contributed by atoms with Crippen LogP contribution in [0.1, 0.15) is 49.2 Å². The highest BCUT2D eigenvalue weighted by atomic mass is 16.3. The monoisotopic (exact) mass is 433 g/mol. The quantitative estimate of drug-likeness (QED) is 0.419. The molecule has 8 nitrogen and oxygen atoms in total. The summed E-state index contributed by atoms with van der Waals surface area (Å²) in [6.45, 7) is 14.6. The molecule has 0 saturated heterocycles. The minimum atomic E-state index is -1.56. The Morgan fingerprint density at radius 1 is 1.13 bits per heavy atom. The smallest absolute Gasteiger partial charge is 0.254 e. The van der Waals surface area contributed by atoms with Gasteiger partial charge in [0, 0.05) is 24.2 Å². The Kier molecular flexibility index (Phi) is 9.71. The molecule has 0 bridgehead atoms. The first kappa shape index (κ1) is 26.2. The summed E-state index contributed by atoms with van der Waals surface area (Å²) in [6, 6.07) is 2.25. The maximum Gasteiger partial charge on any atom is 0.254 e. The first-order valence-corrected chi connectivity index (χ1v) is 10.3. The second kappa shape index (κ2) is 11.5. The molecule has 0 radical (unpaired) electrons. The van der Waals surface area contributed by atoms with E-state index in [1.165, 1.54) is 11.8 Å². The van der Waals surface area contributed by atoms with E-state index in [2.05, 4.69) is 17.2 Å². The molecule has 0 heterocycles. The zero-order chi connectivity index (χ0) is 23.9. The normalized spacial score (nSPS) is 12.8. The van der Waals surface area contributed by atoms with E-state index in [9.17, 15) is 24.6 Å². The van der Waals surface area contributed by atoms with Gasteiger partial charge in [0.25, 0.3) is 11.8 Å². The standard InChI is InChI=1S/C23H35N3O5/c1-13(2)10-24-20(28)12-26(11-14(3)4)23(31)21(29)17(7)25-22(30)18-8-15(5)9-19(27)16(18)6/h8-9,13,17,21,27,29H,3,10-12H2,1-2,4-7H3,(H,24,28)(H,25,30). The van der Waals surface area contributed by atoms with Crippen molar-refractivity contribution in [3.63, 3.8) is 0 Å². The molecule has 0 spiro atoms. The fourth-order valence-corrected chi connectivity index (χ4v) is 2.92. The molecule has 8 heteroatoms. The van der Waals surface area contributed by atoms with E-state index < -0.39 is 24.0 Å². The van der Waals surface area contributed by atoms with Gasteiger partial charge in [-0.3, -0.25) is 14.4 Å². The van der Waals surface area contributed by atoms with Gasteiger partial charge in [-0.2, -0.15) is 0 Å². The van der Waals surface area contributed by atoms with Crippen LogP contribution in [-0.4, -0.2) is 64.6 Å². The Hall–Kier alpha value is -2.87. The van der Waals surface area contributed by atoms with Gasteiger partial charge in [0.1, 0.15) is 5.75 Å². The van der Waals surface area contributed by atoms with Crippen molar-refractivity contribution in [2.45, 2.75) is 53.7 Å². The lowest BCUT2D eigenvalue weighted by Gasteiger charge is -2.28. The molecule has 172 valence electrons. The Bertz CT molecular complexity index is 835. The molecular weight excluding hydrogens is 398 g/mol. The number of carbonyl (C=O) groups excluding carboxylic acids is 3. The van der Waals surface area contributed by atoms with Crippen LogP contribution in [0, 0.1) is 19.8 Å². The number of hydrogen-bond donors (Lipinski definition) is 4. The van der Waals surface area contributed by atoms with Crippen LogP contribution in [0.15, 0.2) is 24.3 Å². The molecule has 0 aliphatic rings. The average Bonchev–Trinajstić information content (AvgIpc) is 2.66. The van der Waals surface area contributed by atoms with Crippen molar-refractivity contribution in [2.75, 3.05) is 19.6 Å². The van der Waals surface area contributed by atoms with Gasteiger partial charge < -0.3 is 25.7 Å².